The van der Waals surface area contributed by atoms with Gasteiger partial charge < -0.3 is 10.6 Å². The normalized spacial score (nSPS) is 15.1. The number of hydrogen-bond donors (Lipinski definition) is 2. The Labute approximate surface area is 252 Å². The standard InChI is InChI=1S/C32H32FN7O2S/c1-19(2)36-31(41)22-7-4-6-21(14-22)29-16-25-28(43-29)11-13-35-30(25)40(23-8-5-12-34-17-23)32(42)24-10-9-20(15-26(24)33)27-18-39(3)38-37-27/h4,6-7,9-11,13-16,18-19,23,34H,5,8,12,17H2,1-3H3,(H,36,41)/t23-/m1/s1. The number of halogens is 1. The fraction of sp³-hybridized carbons (Fsp3) is 0.281. The van der Waals surface area contributed by atoms with E-state index in [9.17, 15) is 9.59 Å². The Morgan fingerprint density at radius 1 is 1.14 bits per heavy atom. The van der Waals surface area contributed by atoms with Crippen LogP contribution in [-0.4, -0.2) is 57.0 Å². The van der Waals surface area contributed by atoms with Crippen LogP contribution in [0.25, 0.3) is 31.8 Å². The third-order valence-corrected chi connectivity index (χ3v) is 8.58. The summed E-state index contributed by atoms with van der Waals surface area (Å²) in [6.07, 6.45) is 5.04. The molecule has 2 N–H and O–H groups in total. The molecule has 220 valence electrons. The Bertz CT molecular complexity index is 1810. The van der Waals surface area contributed by atoms with E-state index in [-0.39, 0.29) is 23.6 Å². The first-order chi connectivity index (χ1) is 20.8. The molecule has 1 fully saturated rings. The number of aryl methyl sites for hydroxylation is 1. The van der Waals surface area contributed by atoms with Gasteiger partial charge in [0, 0.05) is 51.9 Å². The topological polar surface area (TPSA) is 105 Å². The van der Waals surface area contributed by atoms with Crippen LogP contribution >= 0.6 is 11.3 Å². The van der Waals surface area contributed by atoms with Crippen LogP contribution in [0.5, 0.6) is 0 Å². The molecule has 1 saturated heterocycles. The van der Waals surface area contributed by atoms with E-state index in [1.54, 1.807) is 52.5 Å². The summed E-state index contributed by atoms with van der Waals surface area (Å²) in [5, 5.41) is 15.1. The van der Waals surface area contributed by atoms with E-state index >= 15 is 4.39 Å². The molecular formula is C32H32FN7O2S. The van der Waals surface area contributed by atoms with Crippen molar-refractivity contribution in [3.05, 3.63) is 83.9 Å². The Morgan fingerprint density at radius 3 is 2.72 bits per heavy atom. The smallest absolute Gasteiger partial charge is 0.262 e. The second-order valence-electron chi connectivity index (χ2n) is 11.0. The van der Waals surface area contributed by atoms with Gasteiger partial charge in [0.15, 0.2) is 0 Å². The van der Waals surface area contributed by atoms with Crippen molar-refractivity contribution in [1.29, 1.82) is 0 Å². The number of nitrogens with zero attached hydrogens (tertiary/aromatic N) is 5. The molecule has 9 nitrogen and oxygen atoms in total. The molecule has 3 aromatic heterocycles. The van der Waals surface area contributed by atoms with E-state index in [4.69, 9.17) is 0 Å². The highest BCUT2D eigenvalue weighted by Crippen LogP contribution is 2.39. The van der Waals surface area contributed by atoms with E-state index in [1.165, 1.54) is 12.1 Å². The van der Waals surface area contributed by atoms with Crippen molar-refractivity contribution in [2.45, 2.75) is 38.8 Å². The Hall–Kier alpha value is -4.48. The van der Waals surface area contributed by atoms with E-state index < -0.39 is 11.7 Å². The number of hydrogen-bond acceptors (Lipinski definition) is 7. The van der Waals surface area contributed by atoms with Gasteiger partial charge in [-0.05, 0) is 75.2 Å². The number of amides is 2. The van der Waals surface area contributed by atoms with Gasteiger partial charge in [-0.15, -0.1) is 16.4 Å². The summed E-state index contributed by atoms with van der Waals surface area (Å²) in [6.45, 7) is 5.29. The maximum Gasteiger partial charge on any atom is 0.262 e. The molecule has 6 rings (SSSR count). The molecule has 0 aliphatic carbocycles. The number of thiophene rings is 1. The number of aromatic nitrogens is 4. The fourth-order valence-corrected chi connectivity index (χ4v) is 6.44. The molecule has 0 saturated carbocycles. The van der Waals surface area contributed by atoms with Crippen molar-refractivity contribution in [2.24, 2.45) is 7.05 Å². The van der Waals surface area contributed by atoms with Gasteiger partial charge in [0.05, 0.1) is 17.8 Å². The van der Waals surface area contributed by atoms with Crippen molar-refractivity contribution >= 4 is 39.1 Å². The van der Waals surface area contributed by atoms with E-state index in [2.05, 4.69) is 25.9 Å². The third kappa shape index (κ3) is 5.91. The molecule has 0 radical (unpaired) electrons. The van der Waals surface area contributed by atoms with Crippen LogP contribution in [0.1, 0.15) is 47.4 Å². The second-order valence-corrected chi connectivity index (χ2v) is 12.1. The van der Waals surface area contributed by atoms with Crippen LogP contribution in [0.3, 0.4) is 0 Å². The lowest BCUT2D eigenvalue weighted by Crippen LogP contribution is -2.49. The van der Waals surface area contributed by atoms with Gasteiger partial charge in [0.25, 0.3) is 11.8 Å². The van der Waals surface area contributed by atoms with E-state index in [1.807, 2.05) is 44.2 Å². The number of anilines is 1. The van der Waals surface area contributed by atoms with Crippen LogP contribution in [0, 0.1) is 5.82 Å². The third-order valence-electron chi connectivity index (χ3n) is 7.43. The second kappa shape index (κ2) is 12.0. The number of fused-ring (bicyclic) bond motifs is 1. The first kappa shape index (κ1) is 28.6. The molecular weight excluding hydrogens is 565 g/mol. The van der Waals surface area contributed by atoms with Crippen molar-refractivity contribution < 1.29 is 14.0 Å². The monoisotopic (exact) mass is 597 g/mol. The molecule has 43 heavy (non-hydrogen) atoms. The minimum Gasteiger partial charge on any atom is -0.350 e. The SMILES string of the molecule is CC(C)NC(=O)c1cccc(-c2cc3c(N(C(=O)c4ccc(-c5cn(C)nn5)cc4F)[C@@H]4CCCNC4)nccc3s2)c1. The number of rotatable bonds is 7. The highest BCUT2D eigenvalue weighted by Gasteiger charge is 2.32. The minimum absolute atomic E-state index is 0.0277. The summed E-state index contributed by atoms with van der Waals surface area (Å²) in [7, 11) is 1.74. The Morgan fingerprint density at radius 2 is 2.00 bits per heavy atom. The van der Waals surface area contributed by atoms with Gasteiger partial charge in [-0.1, -0.05) is 23.4 Å². The first-order valence-electron chi connectivity index (χ1n) is 14.3. The molecule has 0 spiro atoms. The van der Waals surface area contributed by atoms with Crippen LogP contribution in [0.2, 0.25) is 0 Å². The van der Waals surface area contributed by atoms with Gasteiger partial charge in [0.1, 0.15) is 17.3 Å². The predicted molar refractivity (Wildman–Crippen MR) is 167 cm³/mol. The Balaban J connectivity index is 1.40. The zero-order chi connectivity index (χ0) is 30.1. The number of carbonyl (C=O) groups excluding carboxylic acids is 2. The average Bonchev–Trinajstić information content (AvgIpc) is 3.64. The maximum atomic E-state index is 15.6. The van der Waals surface area contributed by atoms with Gasteiger partial charge in [0.2, 0.25) is 0 Å². The predicted octanol–water partition coefficient (Wildman–Crippen LogP) is 5.43. The minimum atomic E-state index is -0.628. The maximum absolute atomic E-state index is 15.6. The van der Waals surface area contributed by atoms with Crippen LogP contribution in [0.4, 0.5) is 10.2 Å². The summed E-state index contributed by atoms with van der Waals surface area (Å²) in [5.41, 5.74) is 2.51. The quantitative estimate of drug-likeness (QED) is 0.259. The molecule has 2 aromatic carbocycles. The molecule has 4 heterocycles. The van der Waals surface area contributed by atoms with Gasteiger partial charge in [-0.2, -0.15) is 0 Å². The molecule has 0 unspecified atom stereocenters. The van der Waals surface area contributed by atoms with Crippen molar-refractivity contribution in [3.63, 3.8) is 0 Å². The first-order valence-corrected chi connectivity index (χ1v) is 15.1. The van der Waals surface area contributed by atoms with Gasteiger partial charge in [-0.25, -0.2) is 9.37 Å². The molecule has 5 aromatic rings. The number of piperidine rings is 1. The zero-order valence-corrected chi connectivity index (χ0v) is 25.0. The number of nitrogens with one attached hydrogen (secondary N) is 2. The lowest BCUT2D eigenvalue weighted by molar-refractivity contribution is 0.0940. The highest BCUT2D eigenvalue weighted by atomic mass is 32.1. The molecule has 11 heteroatoms. The van der Waals surface area contributed by atoms with Crippen molar-refractivity contribution in [1.82, 2.24) is 30.6 Å². The summed E-state index contributed by atoms with van der Waals surface area (Å²) >= 11 is 1.56. The van der Waals surface area contributed by atoms with Gasteiger partial charge >= 0.3 is 0 Å². The van der Waals surface area contributed by atoms with E-state index in [0.717, 1.165) is 39.9 Å². The molecule has 1 atom stereocenters. The largest absolute Gasteiger partial charge is 0.350 e. The molecule has 0 bridgehead atoms. The average molecular weight is 598 g/mol. The lowest BCUT2D eigenvalue weighted by atomic mass is 10.0. The number of carbonyl (C=O) groups is 2. The summed E-state index contributed by atoms with van der Waals surface area (Å²) < 4.78 is 18.1. The highest BCUT2D eigenvalue weighted by molar-refractivity contribution is 7.22. The summed E-state index contributed by atoms with van der Waals surface area (Å²) in [4.78, 5) is 34.1. The molecule has 1 aliphatic rings. The fourth-order valence-electron chi connectivity index (χ4n) is 5.39. The number of benzene rings is 2. The van der Waals surface area contributed by atoms with E-state index in [0.29, 0.717) is 29.2 Å². The molecule has 2 amide bonds. The summed E-state index contributed by atoms with van der Waals surface area (Å²) in [5.74, 6) is -0.715. The van der Waals surface area contributed by atoms with Crippen LogP contribution in [0.15, 0.2) is 67.0 Å². The lowest BCUT2D eigenvalue weighted by Gasteiger charge is -2.34. The number of pyridine rings is 1. The van der Waals surface area contributed by atoms with Crippen LogP contribution < -0.4 is 15.5 Å². The van der Waals surface area contributed by atoms with Crippen molar-refractivity contribution in [2.75, 3.05) is 18.0 Å². The molecule has 1 aliphatic heterocycles. The Kier molecular flexibility index (Phi) is 8.00. The van der Waals surface area contributed by atoms with Crippen molar-refractivity contribution in [3.8, 4) is 21.7 Å². The summed E-state index contributed by atoms with van der Waals surface area (Å²) in [6, 6.07) is 15.8. The van der Waals surface area contributed by atoms with Crippen LogP contribution in [-0.2, 0) is 7.05 Å². The zero-order valence-electron chi connectivity index (χ0n) is 24.2. The van der Waals surface area contributed by atoms with Gasteiger partial charge in [-0.3, -0.25) is 19.2 Å².